The van der Waals surface area contributed by atoms with Gasteiger partial charge < -0.3 is 4.57 Å². The normalized spacial score (nSPS) is 12.1. The van der Waals surface area contributed by atoms with E-state index in [2.05, 4.69) is 18.1 Å². The summed E-state index contributed by atoms with van der Waals surface area (Å²) in [5, 5.41) is 0. The van der Waals surface area contributed by atoms with Crippen molar-refractivity contribution in [2.24, 2.45) is 0 Å². The number of carbonyl (C=O) groups excluding carboxylic acids is 1. The van der Waals surface area contributed by atoms with Crippen molar-refractivity contribution >= 4 is 5.78 Å². The Balaban J connectivity index is 0.00000121. The monoisotopic (exact) mass is 232 g/mol. The van der Waals surface area contributed by atoms with Crippen LogP contribution in [0.4, 0.5) is 0 Å². The molecule has 0 saturated carbocycles. The first kappa shape index (κ1) is 15.1. The lowest BCUT2D eigenvalue weighted by Gasteiger charge is -2.16. The molecular formula is C14H20N2O. The molecule has 0 N–H and O–H groups in total. The number of carbonyl (C=O) groups is 1. The molecule has 0 fully saturated rings. The van der Waals surface area contributed by atoms with Crippen LogP contribution in [0.15, 0.2) is 55.7 Å². The minimum absolute atomic E-state index is 0.0426. The molecule has 92 valence electrons. The Bertz CT molecular complexity index is 388. The van der Waals surface area contributed by atoms with Gasteiger partial charge in [-0.3, -0.25) is 4.79 Å². The summed E-state index contributed by atoms with van der Waals surface area (Å²) < 4.78 is 1.75. The molecule has 0 saturated heterocycles. The quantitative estimate of drug-likeness (QED) is 0.730. The van der Waals surface area contributed by atoms with Crippen LogP contribution in [-0.2, 0) is 4.79 Å². The summed E-state index contributed by atoms with van der Waals surface area (Å²) in [6.07, 6.45) is 10.1. The predicted molar refractivity (Wildman–Crippen MR) is 71.8 cm³/mol. The first-order chi connectivity index (χ1) is 8.20. The maximum atomic E-state index is 11.5. The maximum Gasteiger partial charge on any atom is 0.157 e. The highest BCUT2D eigenvalue weighted by Gasteiger charge is 2.17. The van der Waals surface area contributed by atoms with Gasteiger partial charge in [-0.25, -0.2) is 4.98 Å². The number of ketones is 1. The van der Waals surface area contributed by atoms with Crippen molar-refractivity contribution < 1.29 is 4.79 Å². The van der Waals surface area contributed by atoms with Crippen molar-refractivity contribution in [1.29, 1.82) is 0 Å². The molecule has 3 nitrogen and oxygen atoms in total. The molecule has 1 unspecified atom stereocenters. The van der Waals surface area contributed by atoms with Gasteiger partial charge >= 0.3 is 0 Å². The molecule has 0 radical (unpaired) electrons. The molecule has 1 atom stereocenters. The van der Waals surface area contributed by atoms with Crippen LogP contribution in [0.25, 0.3) is 0 Å². The Morgan fingerprint density at radius 1 is 1.41 bits per heavy atom. The third kappa shape index (κ3) is 4.23. The second kappa shape index (κ2) is 8.28. The van der Waals surface area contributed by atoms with Crippen LogP contribution in [0.1, 0.15) is 26.8 Å². The van der Waals surface area contributed by atoms with Crippen LogP contribution in [0.5, 0.6) is 0 Å². The fourth-order valence-electron chi connectivity index (χ4n) is 1.45. The molecular weight excluding hydrogens is 212 g/mol. The lowest BCUT2D eigenvalue weighted by atomic mass is 10.0. The van der Waals surface area contributed by atoms with E-state index < -0.39 is 0 Å². The van der Waals surface area contributed by atoms with Crippen LogP contribution in [0.2, 0.25) is 0 Å². The topological polar surface area (TPSA) is 34.9 Å². The standard InChI is InChI=1S/C12H14N2O.C2H6/c1-4-6-11(5-2)12(10(3)15)14-8-7-13-9-14;1-2/h4-9,12H,1-2H2,3H3;1-2H3/b11-6+;. The van der Waals surface area contributed by atoms with E-state index in [-0.39, 0.29) is 11.8 Å². The van der Waals surface area contributed by atoms with Crippen molar-refractivity contribution in [1.82, 2.24) is 9.55 Å². The number of Topliss-reactive ketones (excluding diaryl/α,β-unsaturated/α-hetero) is 1. The molecule has 17 heavy (non-hydrogen) atoms. The number of aromatic nitrogens is 2. The summed E-state index contributed by atoms with van der Waals surface area (Å²) in [6, 6.07) is -0.358. The number of nitrogens with zero attached hydrogens (tertiary/aromatic N) is 2. The molecule has 1 heterocycles. The van der Waals surface area contributed by atoms with E-state index in [4.69, 9.17) is 0 Å². The molecule has 0 aliphatic carbocycles. The molecule has 0 bridgehead atoms. The summed E-state index contributed by atoms with van der Waals surface area (Å²) in [7, 11) is 0. The Hall–Kier alpha value is -1.90. The number of rotatable bonds is 5. The van der Waals surface area contributed by atoms with Crippen LogP contribution in [0.3, 0.4) is 0 Å². The zero-order valence-corrected chi connectivity index (χ0v) is 10.8. The van der Waals surface area contributed by atoms with Gasteiger partial charge in [-0.05, 0) is 12.5 Å². The molecule has 1 rings (SSSR count). The summed E-state index contributed by atoms with van der Waals surface area (Å²) >= 11 is 0. The van der Waals surface area contributed by atoms with Crippen LogP contribution < -0.4 is 0 Å². The van der Waals surface area contributed by atoms with Gasteiger partial charge in [0.1, 0.15) is 6.04 Å². The van der Waals surface area contributed by atoms with Crippen molar-refractivity contribution in [3.05, 3.63) is 55.7 Å². The highest BCUT2D eigenvalue weighted by atomic mass is 16.1. The Kier molecular flexibility index (Phi) is 7.35. The largest absolute Gasteiger partial charge is 0.323 e. The minimum Gasteiger partial charge on any atom is -0.323 e. The van der Waals surface area contributed by atoms with Crippen molar-refractivity contribution in [3.63, 3.8) is 0 Å². The van der Waals surface area contributed by atoms with E-state index in [1.54, 1.807) is 48.4 Å². The summed E-state index contributed by atoms with van der Waals surface area (Å²) in [6.45, 7) is 12.8. The van der Waals surface area contributed by atoms with Gasteiger partial charge in [0.15, 0.2) is 5.78 Å². The fourth-order valence-corrected chi connectivity index (χ4v) is 1.45. The molecule has 0 aliphatic heterocycles. The fraction of sp³-hybridized carbons (Fsp3) is 0.286. The van der Waals surface area contributed by atoms with Crippen molar-refractivity contribution in [2.75, 3.05) is 0 Å². The van der Waals surface area contributed by atoms with E-state index in [1.165, 1.54) is 0 Å². The average Bonchev–Trinajstić information content (AvgIpc) is 2.84. The number of hydrogen-bond acceptors (Lipinski definition) is 2. The van der Waals surface area contributed by atoms with Crippen LogP contribution >= 0.6 is 0 Å². The van der Waals surface area contributed by atoms with Crippen LogP contribution in [-0.4, -0.2) is 15.3 Å². The van der Waals surface area contributed by atoms with E-state index in [9.17, 15) is 4.79 Å². The second-order valence-corrected chi connectivity index (χ2v) is 3.13. The predicted octanol–water partition coefficient (Wildman–Crippen LogP) is 3.34. The van der Waals surface area contributed by atoms with Crippen molar-refractivity contribution in [2.45, 2.75) is 26.8 Å². The Morgan fingerprint density at radius 3 is 2.41 bits per heavy atom. The molecule has 0 amide bonds. The highest BCUT2D eigenvalue weighted by molar-refractivity contribution is 5.83. The summed E-state index contributed by atoms with van der Waals surface area (Å²) in [4.78, 5) is 15.5. The first-order valence-electron chi connectivity index (χ1n) is 5.63. The SMILES string of the molecule is C=C/C=C(\C=C)C(C(C)=O)n1ccnc1.CC. The van der Waals surface area contributed by atoms with E-state index in [0.29, 0.717) is 0 Å². The highest BCUT2D eigenvalue weighted by Crippen LogP contribution is 2.19. The van der Waals surface area contributed by atoms with E-state index in [1.807, 2.05) is 13.8 Å². The number of allylic oxidation sites excluding steroid dienone is 4. The Labute approximate surface area is 103 Å². The summed E-state index contributed by atoms with van der Waals surface area (Å²) in [5.41, 5.74) is 0.815. The Morgan fingerprint density at radius 2 is 2.06 bits per heavy atom. The van der Waals surface area contributed by atoms with E-state index >= 15 is 0 Å². The smallest absolute Gasteiger partial charge is 0.157 e. The lowest BCUT2D eigenvalue weighted by Crippen LogP contribution is -2.17. The molecule has 0 aliphatic rings. The summed E-state index contributed by atoms with van der Waals surface area (Å²) in [5.74, 6) is 0.0426. The van der Waals surface area contributed by atoms with Gasteiger partial charge in [0.05, 0.1) is 6.33 Å². The zero-order valence-electron chi connectivity index (χ0n) is 10.8. The van der Waals surface area contributed by atoms with Gasteiger partial charge in [0.2, 0.25) is 0 Å². The average molecular weight is 232 g/mol. The first-order valence-corrected chi connectivity index (χ1v) is 5.63. The van der Waals surface area contributed by atoms with Gasteiger partial charge in [0.25, 0.3) is 0 Å². The maximum absolute atomic E-state index is 11.5. The molecule has 0 spiro atoms. The lowest BCUT2D eigenvalue weighted by molar-refractivity contribution is -0.119. The second-order valence-electron chi connectivity index (χ2n) is 3.13. The molecule has 1 aromatic rings. The third-order valence-corrected chi connectivity index (χ3v) is 2.07. The minimum atomic E-state index is -0.358. The third-order valence-electron chi connectivity index (χ3n) is 2.07. The van der Waals surface area contributed by atoms with Gasteiger partial charge in [-0.15, -0.1) is 0 Å². The van der Waals surface area contributed by atoms with Crippen LogP contribution in [0, 0.1) is 0 Å². The molecule has 0 aromatic carbocycles. The number of hydrogen-bond donors (Lipinski definition) is 0. The zero-order chi connectivity index (χ0) is 13.3. The van der Waals surface area contributed by atoms with Gasteiger partial charge in [-0.1, -0.05) is 45.2 Å². The van der Waals surface area contributed by atoms with E-state index in [0.717, 1.165) is 5.57 Å². The van der Waals surface area contributed by atoms with Gasteiger partial charge in [-0.2, -0.15) is 0 Å². The van der Waals surface area contributed by atoms with Gasteiger partial charge in [0, 0.05) is 12.4 Å². The number of imidazole rings is 1. The molecule has 1 aromatic heterocycles. The molecule has 3 heteroatoms. The van der Waals surface area contributed by atoms with Crippen molar-refractivity contribution in [3.8, 4) is 0 Å².